The van der Waals surface area contributed by atoms with Gasteiger partial charge >= 0.3 is 17.9 Å². The molecule has 0 heterocycles. The molecular weight excluding hydrogens is 829 g/mol. The number of ether oxygens (including phenoxy) is 3. The van der Waals surface area contributed by atoms with E-state index < -0.39 is 6.10 Å². The molecule has 0 aliphatic heterocycles. The second-order valence-electron chi connectivity index (χ2n) is 21.0. The standard InChI is InChI=1S/C61H118O6/c1-4-7-10-13-16-19-21-23-25-27-28-29-30-31-32-33-35-36-38-40-42-45-48-51-54-60(63)66-57-58(56-65-59(62)53-50-47-44-18-15-12-9-6-3)67-61(64)55-52-49-46-43-41-39-37-34-26-24-22-20-17-14-11-8-5-2/h58H,4-57H2,1-3H3. The van der Waals surface area contributed by atoms with Crippen LogP contribution in [-0.4, -0.2) is 37.2 Å². The van der Waals surface area contributed by atoms with Gasteiger partial charge in [0.2, 0.25) is 0 Å². The molecule has 0 fully saturated rings. The normalized spacial score (nSPS) is 11.9. The second-order valence-corrected chi connectivity index (χ2v) is 21.0. The number of hydrogen-bond acceptors (Lipinski definition) is 6. The highest BCUT2D eigenvalue weighted by molar-refractivity contribution is 5.71. The zero-order chi connectivity index (χ0) is 48.6. The Bertz CT molecular complexity index is 998. The van der Waals surface area contributed by atoms with Crippen LogP contribution in [0.15, 0.2) is 0 Å². The molecule has 1 atom stereocenters. The SMILES string of the molecule is CCCCCCCCCCCCCCCCCCCCCCCCCCC(=O)OCC(COC(=O)CCCCCCCCCC)OC(=O)CCCCCCCCCCCCCCCCCCC. The van der Waals surface area contributed by atoms with Gasteiger partial charge in [0.05, 0.1) is 0 Å². The number of carbonyl (C=O) groups excluding carboxylic acids is 3. The van der Waals surface area contributed by atoms with Gasteiger partial charge in [0.25, 0.3) is 0 Å². The van der Waals surface area contributed by atoms with Crippen molar-refractivity contribution in [1.29, 1.82) is 0 Å². The molecule has 6 heteroatoms. The summed E-state index contributed by atoms with van der Waals surface area (Å²) in [4.78, 5) is 38.0. The molecule has 0 aromatic heterocycles. The smallest absolute Gasteiger partial charge is 0.306 e. The fourth-order valence-electron chi connectivity index (χ4n) is 9.51. The third-order valence-corrected chi connectivity index (χ3v) is 14.1. The van der Waals surface area contributed by atoms with E-state index in [0.29, 0.717) is 19.3 Å². The van der Waals surface area contributed by atoms with E-state index in [2.05, 4.69) is 20.8 Å². The zero-order valence-corrected chi connectivity index (χ0v) is 45.7. The summed E-state index contributed by atoms with van der Waals surface area (Å²) in [6.07, 6.45) is 64.1. The van der Waals surface area contributed by atoms with Gasteiger partial charge in [-0.1, -0.05) is 316 Å². The highest BCUT2D eigenvalue weighted by atomic mass is 16.6. The van der Waals surface area contributed by atoms with E-state index in [-0.39, 0.29) is 31.1 Å². The van der Waals surface area contributed by atoms with Gasteiger partial charge in [-0.05, 0) is 19.3 Å². The zero-order valence-electron chi connectivity index (χ0n) is 45.7. The van der Waals surface area contributed by atoms with Crippen molar-refractivity contribution < 1.29 is 28.6 Å². The first-order valence-electron chi connectivity index (χ1n) is 30.5. The fraction of sp³-hybridized carbons (Fsp3) is 0.951. The Morgan fingerprint density at radius 1 is 0.239 bits per heavy atom. The molecule has 0 aliphatic carbocycles. The first-order chi connectivity index (χ1) is 33.0. The van der Waals surface area contributed by atoms with Crippen LogP contribution in [0.5, 0.6) is 0 Å². The maximum Gasteiger partial charge on any atom is 0.306 e. The predicted molar refractivity (Wildman–Crippen MR) is 289 cm³/mol. The Morgan fingerprint density at radius 2 is 0.403 bits per heavy atom. The Labute approximate surface area is 418 Å². The van der Waals surface area contributed by atoms with Crippen LogP contribution in [0, 0.1) is 0 Å². The lowest BCUT2D eigenvalue weighted by molar-refractivity contribution is -0.167. The van der Waals surface area contributed by atoms with Gasteiger partial charge in [-0.15, -0.1) is 0 Å². The summed E-state index contributed by atoms with van der Waals surface area (Å²) in [7, 11) is 0. The molecule has 0 N–H and O–H groups in total. The fourth-order valence-corrected chi connectivity index (χ4v) is 9.51. The number of rotatable bonds is 57. The first-order valence-corrected chi connectivity index (χ1v) is 30.5. The molecule has 0 radical (unpaired) electrons. The van der Waals surface area contributed by atoms with E-state index in [1.165, 1.54) is 257 Å². The molecule has 67 heavy (non-hydrogen) atoms. The second kappa shape index (κ2) is 57.0. The number of hydrogen-bond donors (Lipinski definition) is 0. The molecule has 0 rings (SSSR count). The summed E-state index contributed by atoms with van der Waals surface area (Å²) < 4.78 is 16.9. The lowest BCUT2D eigenvalue weighted by atomic mass is 10.0. The maximum atomic E-state index is 12.8. The molecule has 0 spiro atoms. The quantitative estimate of drug-likeness (QED) is 0.0343. The summed E-state index contributed by atoms with van der Waals surface area (Å²) in [6.45, 7) is 6.68. The van der Waals surface area contributed by atoms with Crippen molar-refractivity contribution in [2.24, 2.45) is 0 Å². The summed E-state index contributed by atoms with van der Waals surface area (Å²) in [6, 6.07) is 0. The molecule has 1 unspecified atom stereocenters. The molecule has 0 aromatic rings. The van der Waals surface area contributed by atoms with Crippen LogP contribution in [0.2, 0.25) is 0 Å². The van der Waals surface area contributed by atoms with Crippen molar-refractivity contribution in [1.82, 2.24) is 0 Å². The number of carbonyl (C=O) groups is 3. The van der Waals surface area contributed by atoms with Crippen molar-refractivity contribution >= 4 is 17.9 Å². The Hall–Kier alpha value is -1.59. The van der Waals surface area contributed by atoms with Gasteiger partial charge in [0.15, 0.2) is 6.10 Å². The Balaban J connectivity index is 4.09. The van der Waals surface area contributed by atoms with Crippen LogP contribution >= 0.6 is 0 Å². The minimum atomic E-state index is -0.760. The number of esters is 3. The van der Waals surface area contributed by atoms with Crippen molar-refractivity contribution in [2.75, 3.05) is 13.2 Å². The van der Waals surface area contributed by atoms with Gasteiger partial charge < -0.3 is 14.2 Å². The molecule has 398 valence electrons. The third kappa shape index (κ3) is 55.2. The molecule has 0 saturated carbocycles. The first kappa shape index (κ1) is 65.4. The van der Waals surface area contributed by atoms with E-state index in [1.54, 1.807) is 0 Å². The van der Waals surface area contributed by atoms with Crippen molar-refractivity contribution in [3.63, 3.8) is 0 Å². The van der Waals surface area contributed by atoms with Crippen LogP contribution in [0.25, 0.3) is 0 Å². The molecule has 0 amide bonds. The average molecular weight is 948 g/mol. The van der Waals surface area contributed by atoms with E-state index >= 15 is 0 Å². The molecule has 0 aromatic carbocycles. The largest absolute Gasteiger partial charge is 0.462 e. The summed E-state index contributed by atoms with van der Waals surface area (Å²) in [5.74, 6) is -0.837. The Kier molecular flexibility index (Phi) is 55.6. The minimum Gasteiger partial charge on any atom is -0.462 e. The lowest BCUT2D eigenvalue weighted by Crippen LogP contribution is -2.30. The highest BCUT2D eigenvalue weighted by Gasteiger charge is 2.19. The molecule has 0 aliphatic rings. The third-order valence-electron chi connectivity index (χ3n) is 14.1. The van der Waals surface area contributed by atoms with Crippen LogP contribution in [-0.2, 0) is 28.6 Å². The minimum absolute atomic E-state index is 0.0614. The molecule has 6 nitrogen and oxygen atoms in total. The predicted octanol–water partition coefficient (Wildman–Crippen LogP) is 20.3. The Morgan fingerprint density at radius 3 is 0.597 bits per heavy atom. The van der Waals surface area contributed by atoms with E-state index in [1.807, 2.05) is 0 Å². The van der Waals surface area contributed by atoms with Crippen LogP contribution in [0.3, 0.4) is 0 Å². The van der Waals surface area contributed by atoms with Crippen molar-refractivity contribution in [3.8, 4) is 0 Å². The van der Waals surface area contributed by atoms with Gasteiger partial charge in [-0.2, -0.15) is 0 Å². The average Bonchev–Trinajstić information content (AvgIpc) is 3.33. The maximum absolute atomic E-state index is 12.8. The van der Waals surface area contributed by atoms with Crippen molar-refractivity contribution in [3.05, 3.63) is 0 Å². The topological polar surface area (TPSA) is 78.9 Å². The van der Waals surface area contributed by atoms with Gasteiger partial charge in [-0.25, -0.2) is 0 Å². The van der Waals surface area contributed by atoms with Crippen LogP contribution in [0.4, 0.5) is 0 Å². The molecule has 0 bridgehead atoms. The van der Waals surface area contributed by atoms with Gasteiger partial charge in [0.1, 0.15) is 13.2 Å². The number of unbranched alkanes of at least 4 members (excludes halogenated alkanes) is 46. The van der Waals surface area contributed by atoms with Gasteiger partial charge in [-0.3, -0.25) is 14.4 Å². The van der Waals surface area contributed by atoms with E-state index in [4.69, 9.17) is 14.2 Å². The lowest BCUT2D eigenvalue weighted by Gasteiger charge is -2.18. The summed E-state index contributed by atoms with van der Waals surface area (Å²) >= 11 is 0. The van der Waals surface area contributed by atoms with E-state index in [0.717, 1.165) is 57.8 Å². The van der Waals surface area contributed by atoms with Crippen LogP contribution < -0.4 is 0 Å². The van der Waals surface area contributed by atoms with Crippen molar-refractivity contribution in [2.45, 2.75) is 361 Å². The van der Waals surface area contributed by atoms with E-state index in [9.17, 15) is 14.4 Å². The summed E-state index contributed by atoms with van der Waals surface area (Å²) in [5.41, 5.74) is 0. The van der Waals surface area contributed by atoms with Gasteiger partial charge in [0, 0.05) is 19.3 Å². The molecule has 0 saturated heterocycles. The van der Waals surface area contributed by atoms with Crippen LogP contribution in [0.1, 0.15) is 355 Å². The highest BCUT2D eigenvalue weighted by Crippen LogP contribution is 2.18. The molecular formula is C61H118O6. The summed E-state index contributed by atoms with van der Waals surface area (Å²) in [5, 5.41) is 0. The monoisotopic (exact) mass is 947 g/mol.